The van der Waals surface area contributed by atoms with Gasteiger partial charge in [0.2, 0.25) is 0 Å². The number of ether oxygens (including phenoxy) is 1. The van der Waals surface area contributed by atoms with E-state index in [4.69, 9.17) is 4.74 Å². The number of carbonyl (C=O) groups is 1. The van der Waals surface area contributed by atoms with Crippen LogP contribution in [0.2, 0.25) is 0 Å². The Morgan fingerprint density at radius 2 is 1.81 bits per heavy atom. The fraction of sp³-hybridized carbons (Fsp3) is 0.333. The van der Waals surface area contributed by atoms with Crippen LogP contribution in [0, 0.1) is 0 Å². The van der Waals surface area contributed by atoms with Crippen molar-refractivity contribution in [1.29, 1.82) is 0 Å². The second kappa shape index (κ2) is 10.2. The van der Waals surface area contributed by atoms with Crippen molar-refractivity contribution in [2.75, 3.05) is 25.6 Å². The highest BCUT2D eigenvalue weighted by molar-refractivity contribution is 5.83. The van der Waals surface area contributed by atoms with E-state index in [-0.39, 0.29) is 12.5 Å². The standard InChI is InChI=1S/C21H27N3O2/c1-4-5-6-17-9-13-20(14-10-17)26-16-21(25)23-22-15-18-7-11-19(12-8-18)24(2)3/h7-15H,4-6,16H2,1-3H3,(H,23,25). The number of nitrogens with one attached hydrogen (secondary N) is 1. The number of hydrogen-bond donors (Lipinski definition) is 1. The molecule has 0 bridgehead atoms. The molecular weight excluding hydrogens is 326 g/mol. The summed E-state index contributed by atoms with van der Waals surface area (Å²) < 4.78 is 5.48. The van der Waals surface area contributed by atoms with Gasteiger partial charge in [-0.2, -0.15) is 5.10 Å². The molecule has 0 radical (unpaired) electrons. The highest BCUT2D eigenvalue weighted by atomic mass is 16.5. The molecule has 0 spiro atoms. The van der Waals surface area contributed by atoms with Gasteiger partial charge in [0, 0.05) is 19.8 Å². The summed E-state index contributed by atoms with van der Waals surface area (Å²) in [6, 6.07) is 15.8. The highest BCUT2D eigenvalue weighted by Crippen LogP contribution is 2.14. The molecule has 0 aliphatic carbocycles. The van der Waals surface area contributed by atoms with Gasteiger partial charge >= 0.3 is 0 Å². The van der Waals surface area contributed by atoms with Crippen LogP contribution in [0.4, 0.5) is 5.69 Å². The van der Waals surface area contributed by atoms with Gasteiger partial charge in [-0.05, 0) is 48.2 Å². The molecule has 0 saturated carbocycles. The van der Waals surface area contributed by atoms with E-state index in [0.717, 1.165) is 17.7 Å². The molecule has 5 nitrogen and oxygen atoms in total. The lowest BCUT2D eigenvalue weighted by atomic mass is 10.1. The van der Waals surface area contributed by atoms with Gasteiger partial charge in [0.15, 0.2) is 6.61 Å². The number of amides is 1. The average Bonchev–Trinajstić information content (AvgIpc) is 2.66. The molecule has 5 heteroatoms. The van der Waals surface area contributed by atoms with E-state index < -0.39 is 0 Å². The average molecular weight is 353 g/mol. The molecule has 1 N–H and O–H groups in total. The Labute approximate surface area is 155 Å². The predicted molar refractivity (Wildman–Crippen MR) is 107 cm³/mol. The number of anilines is 1. The molecule has 1 amide bonds. The Morgan fingerprint density at radius 3 is 2.42 bits per heavy atom. The number of unbranched alkanes of at least 4 members (excludes halogenated alkanes) is 1. The zero-order chi connectivity index (χ0) is 18.8. The Balaban J connectivity index is 1.74. The summed E-state index contributed by atoms with van der Waals surface area (Å²) >= 11 is 0. The van der Waals surface area contributed by atoms with Gasteiger partial charge < -0.3 is 9.64 Å². The van der Waals surface area contributed by atoms with Crippen LogP contribution in [0.25, 0.3) is 0 Å². The number of nitrogens with zero attached hydrogens (tertiary/aromatic N) is 2. The quantitative estimate of drug-likeness (QED) is 0.553. The molecular formula is C21H27N3O2. The maximum absolute atomic E-state index is 11.8. The van der Waals surface area contributed by atoms with Crippen LogP contribution in [0.3, 0.4) is 0 Å². The number of hydrazone groups is 1. The first-order valence-corrected chi connectivity index (χ1v) is 8.89. The van der Waals surface area contributed by atoms with Gasteiger partial charge in [0.1, 0.15) is 5.75 Å². The van der Waals surface area contributed by atoms with Crippen molar-refractivity contribution >= 4 is 17.8 Å². The van der Waals surface area contributed by atoms with Crippen LogP contribution < -0.4 is 15.1 Å². The number of hydrogen-bond acceptors (Lipinski definition) is 4. The third-order valence-corrected chi connectivity index (χ3v) is 3.92. The van der Waals surface area contributed by atoms with Crippen molar-refractivity contribution in [2.24, 2.45) is 5.10 Å². The van der Waals surface area contributed by atoms with Gasteiger partial charge in [0.25, 0.3) is 5.91 Å². The van der Waals surface area contributed by atoms with Crippen LogP contribution in [0.1, 0.15) is 30.9 Å². The lowest BCUT2D eigenvalue weighted by Crippen LogP contribution is -2.24. The van der Waals surface area contributed by atoms with Gasteiger partial charge in [-0.25, -0.2) is 5.43 Å². The Kier molecular flexibility index (Phi) is 7.68. The molecule has 0 atom stereocenters. The minimum absolute atomic E-state index is 0.0643. The van der Waals surface area contributed by atoms with Crippen LogP contribution >= 0.6 is 0 Å². The van der Waals surface area contributed by atoms with E-state index in [1.165, 1.54) is 18.4 Å². The van der Waals surface area contributed by atoms with Crippen LogP contribution in [0.15, 0.2) is 53.6 Å². The SMILES string of the molecule is CCCCc1ccc(OCC(=O)NN=Cc2ccc(N(C)C)cc2)cc1. The molecule has 0 aromatic heterocycles. The zero-order valence-electron chi connectivity index (χ0n) is 15.7. The van der Waals surface area contributed by atoms with E-state index >= 15 is 0 Å². The topological polar surface area (TPSA) is 53.9 Å². The van der Waals surface area contributed by atoms with Crippen LogP contribution in [-0.2, 0) is 11.2 Å². The van der Waals surface area contributed by atoms with E-state index in [1.807, 2.05) is 67.5 Å². The van der Waals surface area contributed by atoms with Gasteiger partial charge in [-0.1, -0.05) is 37.6 Å². The number of carbonyl (C=O) groups excluding carboxylic acids is 1. The Morgan fingerprint density at radius 1 is 1.12 bits per heavy atom. The summed E-state index contributed by atoms with van der Waals surface area (Å²) in [4.78, 5) is 13.8. The smallest absolute Gasteiger partial charge is 0.277 e. The molecule has 26 heavy (non-hydrogen) atoms. The van der Waals surface area contributed by atoms with Crippen LogP contribution in [-0.4, -0.2) is 32.8 Å². The van der Waals surface area contributed by atoms with E-state index in [1.54, 1.807) is 6.21 Å². The third-order valence-electron chi connectivity index (χ3n) is 3.92. The van der Waals surface area contributed by atoms with Crippen molar-refractivity contribution in [3.8, 4) is 5.75 Å². The maximum Gasteiger partial charge on any atom is 0.277 e. The van der Waals surface area contributed by atoms with Crippen molar-refractivity contribution in [3.05, 3.63) is 59.7 Å². The lowest BCUT2D eigenvalue weighted by Gasteiger charge is -2.11. The summed E-state index contributed by atoms with van der Waals surface area (Å²) in [5.41, 5.74) is 5.79. The van der Waals surface area contributed by atoms with Crippen molar-refractivity contribution in [1.82, 2.24) is 5.43 Å². The van der Waals surface area contributed by atoms with E-state index in [0.29, 0.717) is 5.75 Å². The number of rotatable bonds is 9. The molecule has 138 valence electrons. The van der Waals surface area contributed by atoms with Crippen molar-refractivity contribution in [3.63, 3.8) is 0 Å². The predicted octanol–water partition coefficient (Wildman–Crippen LogP) is 3.62. The summed E-state index contributed by atoms with van der Waals surface area (Å²) in [5.74, 6) is 0.393. The Bertz CT molecular complexity index is 707. The molecule has 0 saturated heterocycles. The summed E-state index contributed by atoms with van der Waals surface area (Å²) in [6.45, 7) is 2.11. The highest BCUT2D eigenvalue weighted by Gasteiger charge is 2.02. The Hall–Kier alpha value is -2.82. The zero-order valence-corrected chi connectivity index (χ0v) is 15.7. The minimum atomic E-state index is -0.291. The minimum Gasteiger partial charge on any atom is -0.484 e. The first-order chi connectivity index (χ1) is 12.6. The van der Waals surface area contributed by atoms with E-state index in [9.17, 15) is 4.79 Å². The third kappa shape index (κ3) is 6.59. The fourth-order valence-corrected chi connectivity index (χ4v) is 2.35. The largest absolute Gasteiger partial charge is 0.484 e. The van der Waals surface area contributed by atoms with Crippen LogP contribution in [0.5, 0.6) is 5.75 Å². The molecule has 2 aromatic carbocycles. The summed E-state index contributed by atoms with van der Waals surface area (Å²) in [6.07, 6.45) is 5.04. The second-order valence-electron chi connectivity index (χ2n) is 6.32. The summed E-state index contributed by atoms with van der Waals surface area (Å²) in [5, 5.41) is 3.96. The van der Waals surface area contributed by atoms with Crippen molar-refractivity contribution < 1.29 is 9.53 Å². The number of aryl methyl sites for hydroxylation is 1. The first kappa shape index (κ1) is 19.5. The maximum atomic E-state index is 11.8. The fourth-order valence-electron chi connectivity index (χ4n) is 2.35. The first-order valence-electron chi connectivity index (χ1n) is 8.89. The second-order valence-corrected chi connectivity index (χ2v) is 6.32. The van der Waals surface area contributed by atoms with Crippen molar-refractivity contribution in [2.45, 2.75) is 26.2 Å². The molecule has 0 aliphatic heterocycles. The molecule has 2 aromatic rings. The molecule has 0 aliphatic rings. The molecule has 0 fully saturated rings. The molecule has 0 unspecified atom stereocenters. The van der Waals surface area contributed by atoms with Gasteiger partial charge in [-0.15, -0.1) is 0 Å². The summed E-state index contributed by atoms with van der Waals surface area (Å²) in [7, 11) is 3.98. The lowest BCUT2D eigenvalue weighted by molar-refractivity contribution is -0.123. The van der Waals surface area contributed by atoms with E-state index in [2.05, 4.69) is 17.5 Å². The normalized spacial score (nSPS) is 10.7. The van der Waals surface area contributed by atoms with Gasteiger partial charge in [-0.3, -0.25) is 4.79 Å². The number of benzene rings is 2. The van der Waals surface area contributed by atoms with Gasteiger partial charge in [0.05, 0.1) is 6.21 Å². The molecule has 0 heterocycles. The molecule has 2 rings (SSSR count). The monoisotopic (exact) mass is 353 g/mol.